The van der Waals surface area contributed by atoms with Crippen LogP contribution in [0.3, 0.4) is 0 Å². The Morgan fingerprint density at radius 3 is 2.03 bits per heavy atom. The molecule has 0 aromatic heterocycles. The molecule has 2 aliphatic heterocycles. The summed E-state index contributed by atoms with van der Waals surface area (Å²) >= 11 is 0. The zero-order valence-corrected chi connectivity index (χ0v) is 40.1. The quantitative estimate of drug-likeness (QED) is 0.138. The molecule has 0 spiro atoms. The summed E-state index contributed by atoms with van der Waals surface area (Å²) in [6.07, 6.45) is 0.601. The van der Waals surface area contributed by atoms with E-state index in [1.54, 1.807) is 37.9 Å². The number of benzene rings is 2. The lowest BCUT2D eigenvalue weighted by atomic mass is 9.89. The maximum atomic E-state index is 14.4. The van der Waals surface area contributed by atoms with Gasteiger partial charge < -0.3 is 40.0 Å². The minimum Gasteiger partial charge on any atom is -0.379 e. The number of carbonyl (C=O) groups excluding carboxylic acids is 5. The molecule has 2 aromatic carbocycles. The Labute approximate surface area is 381 Å². The standard InChI is InChI=1S/C49H76N6O9/c1-12-33(6)44(53(9)49(60)43(32(4)5)52-47(58)42(50-8)31(2)3)40(61-10)27-41(56)54-25-19-24-39(54)45(62-11)34(7)46(57)51-38(26-35-20-15-13-16-21-35)48(59)55-28-37(30-64-55)63-29-36-22-17-14-18-23-36/h13-18,20-23,31-34,37-40,42-45,50H,12,19,24-30H2,1-11H3,(H,51,57)(H,52,58)/t33-,34+,37?,38-,39-,40+,42-,43-,44-,45+/m0/s1. The molecule has 15 nitrogen and oxygen atoms in total. The molecule has 356 valence electrons. The van der Waals surface area contributed by atoms with E-state index in [2.05, 4.69) is 16.0 Å². The van der Waals surface area contributed by atoms with E-state index in [1.807, 2.05) is 102 Å². The number of methoxy groups -OCH3 is 2. The lowest BCUT2D eigenvalue weighted by Crippen LogP contribution is -2.59. The number of hydrogen-bond donors (Lipinski definition) is 3. The van der Waals surface area contributed by atoms with Crippen molar-refractivity contribution in [3.05, 3.63) is 71.8 Å². The molecule has 2 aliphatic rings. The second kappa shape index (κ2) is 25.3. The average molecular weight is 893 g/mol. The second-order valence-corrected chi connectivity index (χ2v) is 18.2. The van der Waals surface area contributed by atoms with Gasteiger partial charge in [-0.3, -0.25) is 28.8 Å². The van der Waals surface area contributed by atoms with Crippen LogP contribution in [0.5, 0.6) is 0 Å². The summed E-state index contributed by atoms with van der Waals surface area (Å²) in [5, 5.41) is 10.4. The summed E-state index contributed by atoms with van der Waals surface area (Å²) in [4.78, 5) is 79.5. The van der Waals surface area contributed by atoms with Crippen LogP contribution in [0.4, 0.5) is 0 Å². The van der Waals surface area contributed by atoms with E-state index in [0.29, 0.717) is 26.0 Å². The van der Waals surface area contributed by atoms with E-state index < -0.39 is 48.3 Å². The summed E-state index contributed by atoms with van der Waals surface area (Å²) in [6.45, 7) is 14.8. The Bertz CT molecular complexity index is 1780. The Morgan fingerprint density at radius 1 is 0.844 bits per heavy atom. The number of nitrogens with zero attached hydrogens (tertiary/aromatic N) is 3. The van der Waals surface area contributed by atoms with Crippen molar-refractivity contribution in [3.8, 4) is 0 Å². The third-order valence-corrected chi connectivity index (χ3v) is 13.0. The van der Waals surface area contributed by atoms with Crippen LogP contribution >= 0.6 is 0 Å². The number of amides is 5. The van der Waals surface area contributed by atoms with Gasteiger partial charge in [0.25, 0.3) is 5.91 Å². The van der Waals surface area contributed by atoms with E-state index in [0.717, 1.165) is 17.5 Å². The number of likely N-dealkylation sites (N-methyl/N-ethyl adjacent to an activating group) is 2. The van der Waals surface area contributed by atoms with E-state index in [1.165, 1.54) is 12.2 Å². The average Bonchev–Trinajstić information content (AvgIpc) is 3.98. The van der Waals surface area contributed by atoms with Crippen LogP contribution in [0, 0.1) is 23.7 Å². The van der Waals surface area contributed by atoms with Crippen molar-refractivity contribution in [2.45, 2.75) is 136 Å². The predicted octanol–water partition coefficient (Wildman–Crippen LogP) is 4.38. The molecule has 0 aliphatic carbocycles. The Hall–Kier alpha value is -4.41. The summed E-state index contributed by atoms with van der Waals surface area (Å²) in [6, 6.07) is 16.2. The van der Waals surface area contributed by atoms with Crippen molar-refractivity contribution in [1.82, 2.24) is 30.8 Å². The molecule has 2 fully saturated rings. The minimum atomic E-state index is -0.938. The van der Waals surface area contributed by atoms with Gasteiger partial charge in [0.1, 0.15) is 24.8 Å². The fourth-order valence-corrected chi connectivity index (χ4v) is 9.08. The van der Waals surface area contributed by atoms with Gasteiger partial charge in [-0.25, -0.2) is 5.06 Å². The maximum absolute atomic E-state index is 14.4. The van der Waals surface area contributed by atoms with Crippen LogP contribution in [0.25, 0.3) is 0 Å². The monoisotopic (exact) mass is 893 g/mol. The highest BCUT2D eigenvalue weighted by Gasteiger charge is 2.44. The number of ether oxygens (including phenoxy) is 3. The molecular formula is C49H76N6O9. The zero-order valence-electron chi connectivity index (χ0n) is 40.1. The Balaban J connectivity index is 1.47. The van der Waals surface area contributed by atoms with Gasteiger partial charge >= 0.3 is 0 Å². The van der Waals surface area contributed by atoms with Gasteiger partial charge in [0.15, 0.2) is 0 Å². The van der Waals surface area contributed by atoms with E-state index >= 15 is 0 Å². The van der Waals surface area contributed by atoms with E-state index in [9.17, 15) is 24.0 Å². The summed E-state index contributed by atoms with van der Waals surface area (Å²) in [5.74, 6) is -2.41. The molecule has 64 heavy (non-hydrogen) atoms. The van der Waals surface area contributed by atoms with Crippen LogP contribution < -0.4 is 16.0 Å². The lowest BCUT2D eigenvalue weighted by molar-refractivity contribution is -0.172. The van der Waals surface area contributed by atoms with E-state index in [4.69, 9.17) is 19.0 Å². The number of nitrogens with one attached hydrogen (secondary N) is 3. The van der Waals surface area contributed by atoms with Crippen molar-refractivity contribution < 1.29 is 43.0 Å². The van der Waals surface area contributed by atoms with E-state index in [-0.39, 0.29) is 79.4 Å². The molecule has 0 bridgehead atoms. The predicted molar refractivity (Wildman–Crippen MR) is 245 cm³/mol. The van der Waals surface area contributed by atoms with Gasteiger partial charge in [0, 0.05) is 34.2 Å². The maximum Gasteiger partial charge on any atom is 0.269 e. The number of carbonyl (C=O) groups is 5. The van der Waals surface area contributed by atoms with Crippen LogP contribution in [-0.2, 0) is 56.0 Å². The fraction of sp³-hybridized carbons (Fsp3) is 0.653. The topological polar surface area (TPSA) is 168 Å². The fourth-order valence-electron chi connectivity index (χ4n) is 9.08. The first-order valence-electron chi connectivity index (χ1n) is 23.1. The Kier molecular flexibility index (Phi) is 20.7. The first kappa shape index (κ1) is 52.2. The van der Waals surface area contributed by atoms with Crippen molar-refractivity contribution in [2.75, 3.05) is 48.0 Å². The molecule has 2 heterocycles. The van der Waals surface area contributed by atoms with Crippen molar-refractivity contribution in [3.63, 3.8) is 0 Å². The van der Waals surface area contributed by atoms with Crippen LogP contribution in [0.1, 0.15) is 85.3 Å². The van der Waals surface area contributed by atoms with Gasteiger partial charge in [-0.15, -0.1) is 0 Å². The molecule has 0 saturated carbocycles. The number of hydrogen-bond acceptors (Lipinski definition) is 10. The van der Waals surface area contributed by atoms with Gasteiger partial charge in [0.2, 0.25) is 23.6 Å². The third-order valence-electron chi connectivity index (χ3n) is 13.0. The molecule has 10 atom stereocenters. The molecule has 5 amide bonds. The van der Waals surface area contributed by atoms with Crippen molar-refractivity contribution in [2.24, 2.45) is 23.7 Å². The first-order valence-corrected chi connectivity index (χ1v) is 23.1. The van der Waals surface area contributed by atoms with Crippen molar-refractivity contribution >= 4 is 29.5 Å². The summed E-state index contributed by atoms with van der Waals surface area (Å²) < 4.78 is 18.2. The van der Waals surface area contributed by atoms with Crippen LogP contribution in [0.15, 0.2) is 60.7 Å². The number of rotatable bonds is 24. The smallest absolute Gasteiger partial charge is 0.269 e. The highest BCUT2D eigenvalue weighted by atomic mass is 16.7. The SMILES string of the molecule is CC[C@H](C)[C@@H]([C@@H](CC(=O)N1CCC[C@H]1[C@H](OC)[C@@H](C)C(=O)N[C@@H](Cc1ccccc1)C(=O)N1CC(OCc2ccccc2)CO1)OC)N(C)C(=O)[C@@H](NC(=O)[C@@H](NC)C(C)C)C(C)C. The largest absolute Gasteiger partial charge is 0.379 e. The molecule has 2 saturated heterocycles. The zero-order chi connectivity index (χ0) is 47.1. The normalized spacial score (nSPS) is 20.3. The third kappa shape index (κ3) is 13.8. The summed E-state index contributed by atoms with van der Waals surface area (Å²) in [5.41, 5.74) is 1.89. The molecule has 3 N–H and O–H groups in total. The van der Waals surface area contributed by atoms with Crippen LogP contribution in [-0.4, -0.2) is 141 Å². The van der Waals surface area contributed by atoms with Crippen molar-refractivity contribution in [1.29, 1.82) is 0 Å². The molecule has 2 aromatic rings. The summed E-state index contributed by atoms with van der Waals surface area (Å²) in [7, 11) is 6.54. The lowest BCUT2D eigenvalue weighted by Gasteiger charge is -2.41. The second-order valence-electron chi connectivity index (χ2n) is 18.2. The highest BCUT2D eigenvalue weighted by molar-refractivity contribution is 5.90. The van der Waals surface area contributed by atoms with Crippen LogP contribution in [0.2, 0.25) is 0 Å². The van der Waals surface area contributed by atoms with Gasteiger partial charge in [0.05, 0.1) is 55.8 Å². The molecule has 4 rings (SSSR count). The molecule has 15 heteroatoms. The molecule has 1 unspecified atom stereocenters. The molecular weight excluding hydrogens is 817 g/mol. The van der Waals surface area contributed by atoms with Gasteiger partial charge in [-0.1, -0.05) is 116 Å². The van der Waals surface area contributed by atoms with Gasteiger partial charge in [-0.05, 0) is 48.8 Å². The first-order chi connectivity index (χ1) is 30.6. The number of hydroxylamine groups is 2. The number of likely N-dealkylation sites (tertiary alicyclic amines) is 1. The molecule has 0 radical (unpaired) electrons. The minimum absolute atomic E-state index is 0.00986. The van der Waals surface area contributed by atoms with Gasteiger partial charge in [-0.2, -0.15) is 0 Å². The highest BCUT2D eigenvalue weighted by Crippen LogP contribution is 2.30. The Morgan fingerprint density at radius 2 is 1.47 bits per heavy atom.